The van der Waals surface area contributed by atoms with Crippen LogP contribution in [-0.4, -0.2) is 44.1 Å². The first kappa shape index (κ1) is 23.2. The molecule has 0 saturated heterocycles. The molecule has 0 aliphatic rings. The van der Waals surface area contributed by atoms with Gasteiger partial charge in [-0.3, -0.25) is 0 Å². The zero-order chi connectivity index (χ0) is 19.1. The highest BCUT2D eigenvalue weighted by Gasteiger charge is 2.14. The van der Waals surface area contributed by atoms with Crippen molar-refractivity contribution in [3.63, 3.8) is 0 Å². The predicted molar refractivity (Wildman–Crippen MR) is 101 cm³/mol. The SMILES string of the molecule is CCCCCCCC/C(=C/C=C(/C(=O)OCC)N(C)C)C(=O)OCC. The van der Waals surface area contributed by atoms with E-state index in [2.05, 4.69) is 6.92 Å². The summed E-state index contributed by atoms with van der Waals surface area (Å²) < 4.78 is 10.2. The summed E-state index contributed by atoms with van der Waals surface area (Å²) in [7, 11) is 3.54. The number of nitrogens with zero attached hydrogens (tertiary/aromatic N) is 1. The molecule has 5 heteroatoms. The van der Waals surface area contributed by atoms with Crippen molar-refractivity contribution >= 4 is 11.9 Å². The van der Waals surface area contributed by atoms with E-state index in [0.29, 0.717) is 30.9 Å². The first-order chi connectivity index (χ1) is 12.0. The van der Waals surface area contributed by atoms with Crippen molar-refractivity contribution in [2.24, 2.45) is 0 Å². The van der Waals surface area contributed by atoms with Crippen LogP contribution in [0, 0.1) is 0 Å². The quantitative estimate of drug-likeness (QED) is 0.215. The number of hydrogen-bond donors (Lipinski definition) is 0. The molecule has 0 aromatic rings. The van der Waals surface area contributed by atoms with Crippen LogP contribution in [0.2, 0.25) is 0 Å². The zero-order valence-electron chi connectivity index (χ0n) is 16.6. The fraction of sp³-hybridized carbons (Fsp3) is 0.700. The lowest BCUT2D eigenvalue weighted by Crippen LogP contribution is -2.21. The first-order valence-corrected chi connectivity index (χ1v) is 9.40. The molecule has 0 amide bonds. The van der Waals surface area contributed by atoms with Crippen LogP contribution < -0.4 is 0 Å². The van der Waals surface area contributed by atoms with E-state index >= 15 is 0 Å². The summed E-state index contributed by atoms with van der Waals surface area (Å²) >= 11 is 0. The van der Waals surface area contributed by atoms with E-state index in [1.807, 2.05) is 0 Å². The summed E-state index contributed by atoms with van der Waals surface area (Å²) in [5.41, 5.74) is 1.01. The van der Waals surface area contributed by atoms with Gasteiger partial charge in [-0.05, 0) is 38.8 Å². The summed E-state index contributed by atoms with van der Waals surface area (Å²) in [6, 6.07) is 0. The van der Waals surface area contributed by atoms with Gasteiger partial charge in [0.05, 0.1) is 13.2 Å². The summed E-state index contributed by atoms with van der Waals surface area (Å²) in [6.45, 7) is 6.41. The van der Waals surface area contributed by atoms with Gasteiger partial charge >= 0.3 is 11.9 Å². The molecule has 144 valence electrons. The second kappa shape index (κ2) is 14.6. The number of esters is 2. The molecule has 0 atom stereocenters. The fourth-order valence-electron chi connectivity index (χ4n) is 2.36. The minimum atomic E-state index is -0.397. The van der Waals surface area contributed by atoms with Crippen molar-refractivity contribution in [2.75, 3.05) is 27.3 Å². The lowest BCUT2D eigenvalue weighted by atomic mass is 10.0. The van der Waals surface area contributed by atoms with Crippen molar-refractivity contribution in [1.29, 1.82) is 0 Å². The average Bonchev–Trinajstić information content (AvgIpc) is 2.56. The first-order valence-electron chi connectivity index (χ1n) is 9.40. The molecule has 25 heavy (non-hydrogen) atoms. The van der Waals surface area contributed by atoms with Crippen LogP contribution in [0.5, 0.6) is 0 Å². The Morgan fingerprint density at radius 1 is 0.800 bits per heavy atom. The molecular weight excluding hydrogens is 318 g/mol. The highest BCUT2D eigenvalue weighted by atomic mass is 16.5. The molecule has 0 aromatic heterocycles. The van der Waals surface area contributed by atoms with E-state index < -0.39 is 5.97 Å². The number of allylic oxidation sites excluding steroid dienone is 2. The molecule has 0 fully saturated rings. The molecule has 0 aliphatic carbocycles. The Hall–Kier alpha value is -1.78. The van der Waals surface area contributed by atoms with Gasteiger partial charge in [-0.15, -0.1) is 0 Å². The number of hydrogen-bond acceptors (Lipinski definition) is 5. The second-order valence-electron chi connectivity index (χ2n) is 6.10. The van der Waals surface area contributed by atoms with Crippen LogP contribution in [0.1, 0.15) is 65.7 Å². The molecule has 0 aliphatic heterocycles. The standard InChI is InChI=1S/C20H35NO4/c1-6-9-10-11-12-13-14-17(19(22)24-7-2)15-16-18(21(4)5)20(23)25-8-3/h15-16H,6-14H2,1-5H3/b17-15-,18-16-. The zero-order valence-corrected chi connectivity index (χ0v) is 16.6. The number of carbonyl (C=O) groups is 2. The van der Waals surface area contributed by atoms with Crippen LogP contribution in [0.3, 0.4) is 0 Å². The lowest BCUT2D eigenvalue weighted by molar-refractivity contribution is -0.140. The van der Waals surface area contributed by atoms with Crippen molar-refractivity contribution in [1.82, 2.24) is 4.90 Å². The van der Waals surface area contributed by atoms with Gasteiger partial charge in [-0.2, -0.15) is 0 Å². The summed E-state index contributed by atoms with van der Waals surface area (Å²) in [5.74, 6) is -0.708. The van der Waals surface area contributed by atoms with Crippen molar-refractivity contribution in [2.45, 2.75) is 65.7 Å². The highest BCUT2D eigenvalue weighted by molar-refractivity contribution is 5.91. The number of unbranched alkanes of at least 4 members (excludes halogenated alkanes) is 5. The summed E-state index contributed by atoms with van der Waals surface area (Å²) in [6.07, 6.45) is 10.9. The van der Waals surface area contributed by atoms with E-state index in [0.717, 1.165) is 12.8 Å². The summed E-state index contributed by atoms with van der Waals surface area (Å²) in [4.78, 5) is 25.8. The van der Waals surface area contributed by atoms with Gasteiger partial charge < -0.3 is 14.4 Å². The molecule has 0 N–H and O–H groups in total. The van der Waals surface area contributed by atoms with Gasteiger partial charge in [0.15, 0.2) is 0 Å². The molecule has 5 nitrogen and oxygen atoms in total. The minimum Gasteiger partial charge on any atom is -0.463 e. The van der Waals surface area contributed by atoms with Crippen LogP contribution in [-0.2, 0) is 19.1 Å². The van der Waals surface area contributed by atoms with Crippen LogP contribution in [0.4, 0.5) is 0 Å². The van der Waals surface area contributed by atoms with E-state index in [1.54, 1.807) is 45.0 Å². The minimum absolute atomic E-state index is 0.311. The van der Waals surface area contributed by atoms with Crippen molar-refractivity contribution < 1.29 is 19.1 Å². The topological polar surface area (TPSA) is 55.8 Å². The van der Waals surface area contributed by atoms with Crippen molar-refractivity contribution in [3.05, 3.63) is 23.4 Å². The van der Waals surface area contributed by atoms with E-state index in [9.17, 15) is 9.59 Å². The van der Waals surface area contributed by atoms with Gasteiger partial charge in [0, 0.05) is 19.7 Å². The van der Waals surface area contributed by atoms with E-state index in [1.165, 1.54) is 25.7 Å². The van der Waals surface area contributed by atoms with Crippen LogP contribution >= 0.6 is 0 Å². The van der Waals surface area contributed by atoms with Gasteiger partial charge in [0.2, 0.25) is 0 Å². The van der Waals surface area contributed by atoms with E-state index in [-0.39, 0.29) is 5.97 Å². The van der Waals surface area contributed by atoms with Gasteiger partial charge in [-0.25, -0.2) is 9.59 Å². The van der Waals surface area contributed by atoms with Gasteiger partial charge in [-0.1, -0.05) is 39.0 Å². The monoisotopic (exact) mass is 353 g/mol. The summed E-state index contributed by atoms with van der Waals surface area (Å²) in [5, 5.41) is 0. The number of carbonyl (C=O) groups excluding carboxylic acids is 2. The number of rotatable bonds is 13. The number of ether oxygens (including phenoxy) is 2. The lowest BCUT2D eigenvalue weighted by Gasteiger charge is -2.15. The Morgan fingerprint density at radius 2 is 1.36 bits per heavy atom. The average molecular weight is 354 g/mol. The largest absolute Gasteiger partial charge is 0.463 e. The fourth-order valence-corrected chi connectivity index (χ4v) is 2.36. The molecule has 0 unspecified atom stereocenters. The highest BCUT2D eigenvalue weighted by Crippen LogP contribution is 2.14. The van der Waals surface area contributed by atoms with Gasteiger partial charge in [0.1, 0.15) is 5.70 Å². The molecule has 0 aromatic carbocycles. The molecule has 0 bridgehead atoms. The van der Waals surface area contributed by atoms with Gasteiger partial charge in [0.25, 0.3) is 0 Å². The van der Waals surface area contributed by atoms with E-state index in [4.69, 9.17) is 9.47 Å². The molecule has 0 radical (unpaired) electrons. The Labute approximate surface area is 153 Å². The third-order valence-electron chi connectivity index (χ3n) is 3.75. The molecule has 0 heterocycles. The Kier molecular flexibility index (Phi) is 13.5. The smallest absolute Gasteiger partial charge is 0.354 e. The maximum absolute atomic E-state index is 12.1. The van der Waals surface area contributed by atoms with Crippen molar-refractivity contribution in [3.8, 4) is 0 Å². The molecule has 0 rings (SSSR count). The normalized spacial score (nSPS) is 12.0. The van der Waals surface area contributed by atoms with Crippen LogP contribution in [0.15, 0.2) is 23.4 Å². The Morgan fingerprint density at radius 3 is 1.92 bits per heavy atom. The maximum Gasteiger partial charge on any atom is 0.354 e. The molecular formula is C20H35NO4. The molecule has 0 saturated carbocycles. The Bertz CT molecular complexity index is 453. The third kappa shape index (κ3) is 10.6. The van der Waals surface area contributed by atoms with Crippen LogP contribution in [0.25, 0.3) is 0 Å². The number of likely N-dealkylation sites (N-methyl/N-ethyl adjacent to an activating group) is 1. The second-order valence-corrected chi connectivity index (χ2v) is 6.10. The maximum atomic E-state index is 12.1. The Balaban J connectivity index is 4.98. The molecule has 0 spiro atoms. The predicted octanol–water partition coefficient (Wildman–Crippen LogP) is 4.24. The third-order valence-corrected chi connectivity index (χ3v) is 3.75.